The molecule has 0 bridgehead atoms. The van der Waals surface area contributed by atoms with Crippen molar-refractivity contribution in [2.75, 3.05) is 13.1 Å². The van der Waals surface area contributed by atoms with Gasteiger partial charge in [-0.1, -0.05) is 11.6 Å². The van der Waals surface area contributed by atoms with Gasteiger partial charge < -0.3 is 9.47 Å². The second-order valence-electron chi connectivity index (χ2n) is 7.47. The molecule has 0 atom stereocenters. The number of fused-ring (bicyclic) bond motifs is 1. The zero-order valence-electron chi connectivity index (χ0n) is 15.2. The normalized spacial score (nSPS) is 16.8. The summed E-state index contributed by atoms with van der Waals surface area (Å²) in [4.78, 5) is 11.2. The number of nitrogens with zero attached hydrogens (tertiary/aromatic N) is 4. The average Bonchev–Trinajstić information content (AvgIpc) is 3.28. The molecular weight excluding hydrogens is 382 g/mol. The van der Waals surface area contributed by atoms with Crippen LogP contribution in [0.4, 0.5) is 8.78 Å². The summed E-state index contributed by atoms with van der Waals surface area (Å²) in [5.41, 5.74) is 2.11. The Labute approximate surface area is 166 Å². The molecule has 0 amide bonds. The minimum atomic E-state index is -0.471. The number of aliphatic imine (C=N–C) groups is 1. The highest BCUT2D eigenvalue weighted by atomic mass is 35.5. The molecule has 144 valence electrons. The number of hydrogen-bond acceptors (Lipinski definition) is 3. The molecule has 0 spiro atoms. The molecule has 1 saturated carbocycles. The molecule has 7 heteroatoms. The van der Waals surface area contributed by atoms with Crippen LogP contribution in [0.25, 0.3) is 11.0 Å². The highest BCUT2D eigenvalue weighted by molar-refractivity contribution is 6.31. The first-order valence-corrected chi connectivity index (χ1v) is 9.86. The van der Waals surface area contributed by atoms with E-state index < -0.39 is 11.6 Å². The number of benzene rings is 2. The van der Waals surface area contributed by atoms with E-state index >= 15 is 0 Å². The largest absolute Gasteiger partial charge is 0.347 e. The molecule has 28 heavy (non-hydrogen) atoms. The van der Waals surface area contributed by atoms with Crippen molar-refractivity contribution in [1.29, 1.82) is 0 Å². The standard InChI is InChI=1S/C21H19ClF2N4/c22-14-3-6-18-19(9-14)28(11-13-1-2-13)20(26-18)12-27-8-7-25-21(27)16-10-15(23)4-5-17(16)24/h3-6,9-10,13H,1-2,7-8,11-12H2. The molecule has 1 fully saturated rings. The van der Waals surface area contributed by atoms with Gasteiger partial charge in [0.1, 0.15) is 23.3 Å². The van der Waals surface area contributed by atoms with Crippen LogP contribution in [0.2, 0.25) is 5.02 Å². The molecule has 2 aromatic carbocycles. The lowest BCUT2D eigenvalue weighted by Gasteiger charge is -2.21. The maximum absolute atomic E-state index is 14.3. The molecule has 5 rings (SSSR count). The van der Waals surface area contributed by atoms with Crippen LogP contribution >= 0.6 is 11.6 Å². The van der Waals surface area contributed by atoms with Gasteiger partial charge in [0.25, 0.3) is 0 Å². The van der Waals surface area contributed by atoms with Crippen molar-refractivity contribution in [2.45, 2.75) is 25.9 Å². The van der Waals surface area contributed by atoms with Crippen molar-refractivity contribution >= 4 is 28.5 Å². The van der Waals surface area contributed by atoms with E-state index in [-0.39, 0.29) is 5.56 Å². The topological polar surface area (TPSA) is 33.4 Å². The predicted molar refractivity (Wildman–Crippen MR) is 106 cm³/mol. The zero-order valence-corrected chi connectivity index (χ0v) is 16.0. The lowest BCUT2D eigenvalue weighted by molar-refractivity contribution is 0.422. The lowest BCUT2D eigenvalue weighted by atomic mass is 10.1. The lowest BCUT2D eigenvalue weighted by Crippen LogP contribution is -2.30. The first-order chi connectivity index (χ1) is 13.6. The quantitative estimate of drug-likeness (QED) is 0.625. The number of amidine groups is 1. The van der Waals surface area contributed by atoms with Gasteiger partial charge >= 0.3 is 0 Å². The summed E-state index contributed by atoms with van der Waals surface area (Å²) in [6.07, 6.45) is 2.45. The van der Waals surface area contributed by atoms with Crippen LogP contribution in [0, 0.1) is 17.6 Å². The second kappa shape index (κ2) is 6.85. The molecule has 0 N–H and O–H groups in total. The number of halogens is 3. The number of hydrogen-bond donors (Lipinski definition) is 0. The van der Waals surface area contributed by atoms with Gasteiger partial charge in [0.05, 0.1) is 29.7 Å². The van der Waals surface area contributed by atoms with Crippen LogP contribution in [0.1, 0.15) is 24.2 Å². The Bertz CT molecular complexity index is 1090. The van der Waals surface area contributed by atoms with Gasteiger partial charge in [0, 0.05) is 18.1 Å². The maximum Gasteiger partial charge on any atom is 0.134 e. The molecule has 1 aromatic heterocycles. The van der Waals surface area contributed by atoms with Gasteiger partial charge in [0.2, 0.25) is 0 Å². The highest BCUT2D eigenvalue weighted by Crippen LogP contribution is 2.33. The summed E-state index contributed by atoms with van der Waals surface area (Å²) in [7, 11) is 0. The summed E-state index contributed by atoms with van der Waals surface area (Å²) in [6.45, 7) is 2.60. The van der Waals surface area contributed by atoms with E-state index in [2.05, 4.69) is 9.56 Å². The van der Waals surface area contributed by atoms with Crippen molar-refractivity contribution in [3.63, 3.8) is 0 Å². The van der Waals surface area contributed by atoms with Crippen LogP contribution in [0.3, 0.4) is 0 Å². The molecule has 3 aromatic rings. The van der Waals surface area contributed by atoms with Gasteiger partial charge in [-0.05, 0) is 55.2 Å². The number of rotatable bonds is 5. The van der Waals surface area contributed by atoms with E-state index in [9.17, 15) is 8.78 Å². The molecular formula is C21H19ClF2N4. The third kappa shape index (κ3) is 3.26. The Morgan fingerprint density at radius 2 is 1.96 bits per heavy atom. The SMILES string of the molecule is Fc1ccc(F)c(C2=NCCN2Cc2nc3ccc(Cl)cc3n2CC2CC2)c1. The fraction of sp³-hybridized carbons (Fsp3) is 0.333. The van der Waals surface area contributed by atoms with E-state index in [1.165, 1.54) is 18.9 Å². The molecule has 2 aliphatic rings. The van der Waals surface area contributed by atoms with E-state index in [0.29, 0.717) is 36.4 Å². The Morgan fingerprint density at radius 3 is 2.79 bits per heavy atom. The highest BCUT2D eigenvalue weighted by Gasteiger charge is 2.27. The summed E-state index contributed by atoms with van der Waals surface area (Å²) in [5, 5.41) is 0.682. The van der Waals surface area contributed by atoms with Crippen molar-refractivity contribution in [3.05, 3.63) is 64.4 Å². The van der Waals surface area contributed by atoms with Crippen molar-refractivity contribution in [2.24, 2.45) is 10.9 Å². The van der Waals surface area contributed by atoms with Crippen molar-refractivity contribution < 1.29 is 8.78 Å². The third-order valence-electron chi connectivity index (χ3n) is 5.36. The van der Waals surface area contributed by atoms with Gasteiger partial charge in [-0.2, -0.15) is 0 Å². The molecule has 2 heterocycles. The molecule has 1 aliphatic heterocycles. The van der Waals surface area contributed by atoms with E-state index in [1.807, 2.05) is 23.1 Å². The van der Waals surface area contributed by atoms with E-state index in [0.717, 1.165) is 35.5 Å². The summed E-state index contributed by atoms with van der Waals surface area (Å²) in [6, 6.07) is 9.19. The number of aromatic nitrogens is 2. The van der Waals surface area contributed by atoms with Gasteiger partial charge in [-0.15, -0.1) is 0 Å². The summed E-state index contributed by atoms with van der Waals surface area (Å²) < 4.78 is 30.2. The van der Waals surface area contributed by atoms with Crippen LogP contribution in [-0.4, -0.2) is 33.4 Å². The number of imidazole rings is 1. The van der Waals surface area contributed by atoms with Crippen LogP contribution in [-0.2, 0) is 13.1 Å². The first kappa shape index (κ1) is 17.6. The molecule has 0 unspecified atom stereocenters. The predicted octanol–water partition coefficient (Wildman–Crippen LogP) is 4.64. The monoisotopic (exact) mass is 400 g/mol. The minimum Gasteiger partial charge on any atom is -0.347 e. The van der Waals surface area contributed by atoms with E-state index in [1.54, 1.807) is 0 Å². The Morgan fingerprint density at radius 1 is 1.11 bits per heavy atom. The summed E-state index contributed by atoms with van der Waals surface area (Å²) >= 11 is 6.21. The minimum absolute atomic E-state index is 0.199. The Balaban J connectivity index is 1.50. The fourth-order valence-electron chi connectivity index (χ4n) is 3.76. The maximum atomic E-state index is 14.3. The van der Waals surface area contributed by atoms with Crippen molar-refractivity contribution in [3.8, 4) is 0 Å². The van der Waals surface area contributed by atoms with Crippen molar-refractivity contribution in [1.82, 2.24) is 14.5 Å². The molecule has 0 radical (unpaired) electrons. The first-order valence-electron chi connectivity index (χ1n) is 9.48. The van der Waals surface area contributed by atoms with Gasteiger partial charge in [-0.25, -0.2) is 13.8 Å². The van der Waals surface area contributed by atoms with Gasteiger partial charge in [-0.3, -0.25) is 4.99 Å². The Kier molecular flexibility index (Phi) is 4.31. The van der Waals surface area contributed by atoms with E-state index in [4.69, 9.17) is 16.6 Å². The molecule has 1 aliphatic carbocycles. The zero-order chi connectivity index (χ0) is 19.3. The average molecular weight is 401 g/mol. The second-order valence-corrected chi connectivity index (χ2v) is 7.90. The smallest absolute Gasteiger partial charge is 0.134 e. The van der Waals surface area contributed by atoms with Crippen LogP contribution < -0.4 is 0 Å². The third-order valence-corrected chi connectivity index (χ3v) is 5.59. The fourth-order valence-corrected chi connectivity index (χ4v) is 3.93. The summed E-state index contributed by atoms with van der Waals surface area (Å²) in [5.74, 6) is 1.12. The van der Waals surface area contributed by atoms with Crippen LogP contribution in [0.5, 0.6) is 0 Å². The molecule has 0 saturated heterocycles. The van der Waals surface area contributed by atoms with Crippen LogP contribution in [0.15, 0.2) is 41.4 Å². The molecule has 4 nitrogen and oxygen atoms in total. The van der Waals surface area contributed by atoms with Gasteiger partial charge in [0.15, 0.2) is 0 Å². The Hall–Kier alpha value is -2.47.